The second-order valence-electron chi connectivity index (χ2n) is 4.44. The summed E-state index contributed by atoms with van der Waals surface area (Å²) in [6, 6.07) is 6.43. The molecule has 0 spiro atoms. The zero-order valence-corrected chi connectivity index (χ0v) is 11.3. The minimum Gasteiger partial charge on any atom is -0.488 e. The van der Waals surface area contributed by atoms with E-state index in [1.165, 1.54) is 11.1 Å². The Hall–Kier alpha value is -1.35. The van der Waals surface area contributed by atoms with Gasteiger partial charge in [-0.2, -0.15) is 0 Å². The molecule has 2 nitrogen and oxygen atoms in total. The van der Waals surface area contributed by atoms with E-state index in [4.69, 9.17) is 4.74 Å². The molecule has 0 aliphatic carbocycles. The number of nitrogens with zero attached hydrogens (tertiary/aromatic N) is 1. The van der Waals surface area contributed by atoms with Crippen LogP contribution in [0.1, 0.15) is 35.8 Å². The molecule has 0 N–H and O–H groups in total. The molecule has 0 saturated heterocycles. The molecule has 3 heteroatoms. The number of rotatable bonds is 4. The van der Waals surface area contributed by atoms with E-state index in [-0.39, 0.29) is 0 Å². The maximum absolute atomic E-state index is 5.84. The van der Waals surface area contributed by atoms with Crippen molar-refractivity contribution in [3.63, 3.8) is 0 Å². The Bertz CT molecular complexity index is 477. The van der Waals surface area contributed by atoms with Gasteiger partial charge in [0.2, 0.25) is 0 Å². The minimum absolute atomic E-state index is 0.529. The number of benzene rings is 1. The average molecular weight is 247 g/mol. The Morgan fingerprint density at radius 2 is 2.18 bits per heavy atom. The summed E-state index contributed by atoms with van der Waals surface area (Å²) in [5.41, 5.74) is 4.32. The molecule has 90 valence electrons. The molecule has 0 aliphatic heterocycles. The number of aromatic nitrogens is 1. The van der Waals surface area contributed by atoms with Crippen LogP contribution in [0, 0.1) is 6.92 Å². The van der Waals surface area contributed by atoms with Crippen LogP contribution in [-0.2, 0) is 6.61 Å². The highest BCUT2D eigenvalue weighted by Crippen LogP contribution is 2.25. The van der Waals surface area contributed by atoms with Crippen LogP contribution < -0.4 is 4.74 Å². The van der Waals surface area contributed by atoms with Gasteiger partial charge in [0.25, 0.3) is 0 Å². The molecular weight excluding hydrogens is 230 g/mol. The third-order valence-corrected chi connectivity index (χ3v) is 3.49. The molecule has 2 rings (SSSR count). The summed E-state index contributed by atoms with van der Waals surface area (Å²) >= 11 is 1.62. The second-order valence-corrected chi connectivity index (χ2v) is 5.41. The van der Waals surface area contributed by atoms with Crippen LogP contribution in [0.4, 0.5) is 0 Å². The molecule has 1 heterocycles. The Kier molecular flexibility index (Phi) is 3.79. The summed E-state index contributed by atoms with van der Waals surface area (Å²) in [6.45, 7) is 7.06. The highest BCUT2D eigenvalue weighted by Gasteiger charge is 2.05. The fraction of sp³-hybridized carbons (Fsp3) is 0.357. The lowest BCUT2D eigenvalue weighted by molar-refractivity contribution is 0.307. The zero-order valence-electron chi connectivity index (χ0n) is 10.4. The molecule has 1 aromatic heterocycles. The van der Waals surface area contributed by atoms with Crippen LogP contribution in [0.5, 0.6) is 5.75 Å². The Labute approximate surface area is 106 Å². The normalized spacial score (nSPS) is 10.8. The molecule has 0 radical (unpaired) electrons. The molecule has 0 saturated carbocycles. The van der Waals surface area contributed by atoms with Crippen molar-refractivity contribution in [2.24, 2.45) is 0 Å². The first-order valence-corrected chi connectivity index (χ1v) is 6.65. The van der Waals surface area contributed by atoms with Crippen LogP contribution in [-0.4, -0.2) is 4.98 Å². The minimum atomic E-state index is 0.529. The van der Waals surface area contributed by atoms with E-state index in [0.29, 0.717) is 12.5 Å². The molecule has 17 heavy (non-hydrogen) atoms. The Morgan fingerprint density at radius 1 is 1.35 bits per heavy atom. The maximum Gasteiger partial charge on any atom is 0.124 e. The number of hydrogen-bond acceptors (Lipinski definition) is 3. The van der Waals surface area contributed by atoms with Gasteiger partial charge in [-0.15, -0.1) is 11.3 Å². The highest BCUT2D eigenvalue weighted by atomic mass is 32.1. The second kappa shape index (κ2) is 5.32. The van der Waals surface area contributed by atoms with Gasteiger partial charge in [0.05, 0.1) is 10.4 Å². The topological polar surface area (TPSA) is 22.1 Å². The predicted octanol–water partition coefficient (Wildman–Crippen LogP) is 4.15. The summed E-state index contributed by atoms with van der Waals surface area (Å²) in [4.78, 5) is 5.19. The van der Waals surface area contributed by atoms with E-state index >= 15 is 0 Å². The lowest BCUT2D eigenvalue weighted by Gasteiger charge is -2.12. The van der Waals surface area contributed by atoms with Gasteiger partial charge in [0.15, 0.2) is 0 Å². The van der Waals surface area contributed by atoms with Crippen molar-refractivity contribution in [1.82, 2.24) is 4.98 Å². The third-order valence-electron chi connectivity index (χ3n) is 2.73. The smallest absolute Gasteiger partial charge is 0.124 e. The number of ether oxygens (including phenoxy) is 1. The predicted molar refractivity (Wildman–Crippen MR) is 71.7 cm³/mol. The van der Waals surface area contributed by atoms with Gasteiger partial charge in [0, 0.05) is 6.20 Å². The number of thiazole rings is 1. The number of hydrogen-bond donors (Lipinski definition) is 0. The van der Waals surface area contributed by atoms with Crippen LogP contribution in [0.3, 0.4) is 0 Å². The summed E-state index contributed by atoms with van der Waals surface area (Å²) in [5, 5.41) is 0. The van der Waals surface area contributed by atoms with Crippen LogP contribution >= 0.6 is 11.3 Å². The molecule has 0 unspecified atom stereocenters. The molecular formula is C14H17NOS. The largest absolute Gasteiger partial charge is 0.488 e. The maximum atomic E-state index is 5.84. The SMILES string of the molecule is Cc1ccc(C(C)C)cc1OCc1cncs1. The first-order chi connectivity index (χ1) is 8.16. The van der Waals surface area contributed by atoms with Gasteiger partial charge in [-0.25, -0.2) is 0 Å². The van der Waals surface area contributed by atoms with E-state index in [2.05, 4.69) is 44.0 Å². The van der Waals surface area contributed by atoms with Crippen molar-refractivity contribution in [2.45, 2.75) is 33.3 Å². The van der Waals surface area contributed by atoms with Crippen LogP contribution in [0.2, 0.25) is 0 Å². The van der Waals surface area contributed by atoms with E-state index < -0.39 is 0 Å². The average Bonchev–Trinajstić information content (AvgIpc) is 2.80. The fourth-order valence-corrected chi connectivity index (χ4v) is 2.10. The van der Waals surface area contributed by atoms with Gasteiger partial charge in [-0.05, 0) is 30.0 Å². The van der Waals surface area contributed by atoms with Crippen molar-refractivity contribution in [2.75, 3.05) is 0 Å². The molecule has 0 aliphatic rings. The quantitative estimate of drug-likeness (QED) is 0.809. The summed E-state index contributed by atoms with van der Waals surface area (Å²) < 4.78 is 5.84. The van der Waals surface area contributed by atoms with Crippen LogP contribution in [0.15, 0.2) is 29.9 Å². The lowest BCUT2D eigenvalue weighted by atomic mass is 10.0. The first-order valence-electron chi connectivity index (χ1n) is 5.77. The molecule has 2 aromatic rings. The summed E-state index contributed by atoms with van der Waals surface area (Å²) in [6.07, 6.45) is 1.85. The van der Waals surface area contributed by atoms with Gasteiger partial charge in [-0.1, -0.05) is 26.0 Å². The van der Waals surface area contributed by atoms with E-state index in [1.807, 2.05) is 11.7 Å². The number of aryl methyl sites for hydroxylation is 1. The Morgan fingerprint density at radius 3 is 2.82 bits per heavy atom. The Balaban J connectivity index is 2.11. The first kappa shape index (κ1) is 12.1. The molecule has 1 aromatic carbocycles. The van der Waals surface area contributed by atoms with E-state index in [1.54, 1.807) is 11.3 Å². The van der Waals surface area contributed by atoms with Gasteiger partial charge in [-0.3, -0.25) is 4.98 Å². The third kappa shape index (κ3) is 3.07. The molecule has 0 fully saturated rings. The standard InChI is InChI=1S/C14H17NOS/c1-10(2)12-5-4-11(3)14(6-12)16-8-13-7-15-9-17-13/h4-7,9-10H,8H2,1-3H3. The summed E-state index contributed by atoms with van der Waals surface area (Å²) in [7, 11) is 0. The van der Waals surface area contributed by atoms with Gasteiger partial charge in [0.1, 0.15) is 12.4 Å². The van der Waals surface area contributed by atoms with E-state index in [0.717, 1.165) is 10.6 Å². The van der Waals surface area contributed by atoms with Gasteiger partial charge < -0.3 is 4.74 Å². The van der Waals surface area contributed by atoms with E-state index in [9.17, 15) is 0 Å². The molecule has 0 atom stereocenters. The zero-order chi connectivity index (χ0) is 12.3. The van der Waals surface area contributed by atoms with Gasteiger partial charge >= 0.3 is 0 Å². The van der Waals surface area contributed by atoms with Crippen molar-refractivity contribution in [1.29, 1.82) is 0 Å². The molecule has 0 amide bonds. The lowest BCUT2D eigenvalue weighted by Crippen LogP contribution is -1.97. The van der Waals surface area contributed by atoms with Crippen molar-refractivity contribution in [3.05, 3.63) is 45.9 Å². The molecule has 0 bridgehead atoms. The highest BCUT2D eigenvalue weighted by molar-refractivity contribution is 7.09. The fourth-order valence-electron chi connectivity index (χ4n) is 1.59. The van der Waals surface area contributed by atoms with Crippen molar-refractivity contribution < 1.29 is 4.74 Å². The van der Waals surface area contributed by atoms with Crippen LogP contribution in [0.25, 0.3) is 0 Å². The summed E-state index contributed by atoms with van der Waals surface area (Å²) in [5.74, 6) is 1.51. The van der Waals surface area contributed by atoms with Crippen molar-refractivity contribution >= 4 is 11.3 Å². The van der Waals surface area contributed by atoms with Crippen molar-refractivity contribution in [3.8, 4) is 5.75 Å². The monoisotopic (exact) mass is 247 g/mol.